The number of ketones is 1. The lowest BCUT2D eigenvalue weighted by Gasteiger charge is -2.19. The van der Waals surface area contributed by atoms with Gasteiger partial charge in [0.15, 0.2) is 5.78 Å². The van der Waals surface area contributed by atoms with Crippen LogP contribution >= 0.6 is 0 Å². The predicted octanol–water partition coefficient (Wildman–Crippen LogP) is 2.68. The summed E-state index contributed by atoms with van der Waals surface area (Å²) in [6.07, 6.45) is 4.31. The van der Waals surface area contributed by atoms with E-state index in [0.717, 1.165) is 25.7 Å². The minimum absolute atomic E-state index is 0.0194. The highest BCUT2D eigenvalue weighted by Gasteiger charge is 2.23. The number of rotatable bonds is 4. The molecular weight excluding hydrogens is 222 g/mol. The lowest BCUT2D eigenvalue weighted by Crippen LogP contribution is -2.24. The molecule has 0 bridgehead atoms. The third kappa shape index (κ3) is 4.54. The van der Waals surface area contributed by atoms with Crippen molar-refractivity contribution in [3.8, 4) is 0 Å². The Balaban J connectivity index is 2.44. The van der Waals surface area contributed by atoms with Gasteiger partial charge in [-0.15, -0.1) is 0 Å². The van der Waals surface area contributed by atoms with Crippen LogP contribution in [0.1, 0.15) is 46.0 Å². The van der Waals surface area contributed by atoms with Gasteiger partial charge >= 0.3 is 6.16 Å². The Labute approximate surface area is 101 Å². The minimum atomic E-state index is -0.872. The van der Waals surface area contributed by atoms with Crippen molar-refractivity contribution in [3.05, 3.63) is 0 Å². The number of carbonyl (C=O) groups excluding carboxylic acids is 2. The maximum absolute atomic E-state index is 11.9. The molecule has 1 aliphatic carbocycles. The van der Waals surface area contributed by atoms with Gasteiger partial charge in [-0.3, -0.25) is 9.63 Å². The Kier molecular flexibility index (Phi) is 5.66. The molecule has 0 atom stereocenters. The summed E-state index contributed by atoms with van der Waals surface area (Å²) in [5.74, 6) is 0.0206. The van der Waals surface area contributed by atoms with E-state index in [4.69, 9.17) is 0 Å². The fourth-order valence-corrected chi connectivity index (χ4v) is 1.96. The van der Waals surface area contributed by atoms with Crippen LogP contribution < -0.4 is 0 Å². The molecule has 0 unspecified atom stereocenters. The second-order valence-electron chi connectivity index (χ2n) is 4.15. The van der Waals surface area contributed by atoms with Crippen molar-refractivity contribution in [2.24, 2.45) is 11.1 Å². The van der Waals surface area contributed by atoms with Gasteiger partial charge in [0.25, 0.3) is 0 Å². The number of hydrogen-bond donors (Lipinski definition) is 0. The molecule has 0 heterocycles. The van der Waals surface area contributed by atoms with Crippen LogP contribution in [0.15, 0.2) is 5.16 Å². The maximum Gasteiger partial charge on any atom is 0.535 e. The number of hydrogen-bond acceptors (Lipinski definition) is 5. The van der Waals surface area contributed by atoms with Gasteiger partial charge in [0, 0.05) is 5.92 Å². The Hall–Kier alpha value is -1.39. The summed E-state index contributed by atoms with van der Waals surface area (Å²) in [7, 11) is 0. The van der Waals surface area contributed by atoms with Crippen molar-refractivity contribution in [2.75, 3.05) is 6.61 Å². The van der Waals surface area contributed by atoms with Crippen LogP contribution in [-0.4, -0.2) is 24.3 Å². The first-order chi connectivity index (χ1) is 8.15. The number of ether oxygens (including phenoxy) is 1. The van der Waals surface area contributed by atoms with Crippen molar-refractivity contribution in [2.45, 2.75) is 46.0 Å². The minimum Gasteiger partial charge on any atom is -0.433 e. The van der Waals surface area contributed by atoms with Crippen LogP contribution in [0.3, 0.4) is 0 Å². The fourth-order valence-electron chi connectivity index (χ4n) is 1.96. The Morgan fingerprint density at radius 3 is 2.47 bits per heavy atom. The molecule has 1 rings (SSSR count). The van der Waals surface area contributed by atoms with Crippen molar-refractivity contribution >= 4 is 17.7 Å². The normalized spacial score (nSPS) is 17.6. The van der Waals surface area contributed by atoms with Gasteiger partial charge in [0.05, 0.1) is 6.61 Å². The van der Waals surface area contributed by atoms with Crippen molar-refractivity contribution < 1.29 is 19.2 Å². The first-order valence-corrected chi connectivity index (χ1v) is 6.07. The van der Waals surface area contributed by atoms with E-state index in [-0.39, 0.29) is 24.0 Å². The second kappa shape index (κ2) is 7.04. The van der Waals surface area contributed by atoms with Gasteiger partial charge in [-0.1, -0.05) is 24.4 Å². The third-order valence-corrected chi connectivity index (χ3v) is 2.85. The first kappa shape index (κ1) is 13.7. The van der Waals surface area contributed by atoms with E-state index in [0.29, 0.717) is 0 Å². The van der Waals surface area contributed by atoms with E-state index in [2.05, 4.69) is 14.7 Å². The van der Waals surface area contributed by atoms with Crippen LogP contribution in [0.5, 0.6) is 0 Å². The van der Waals surface area contributed by atoms with Gasteiger partial charge in [0.1, 0.15) is 5.71 Å². The molecule has 0 spiro atoms. The summed E-state index contributed by atoms with van der Waals surface area (Å²) >= 11 is 0. The van der Waals surface area contributed by atoms with Crippen LogP contribution in [0.2, 0.25) is 0 Å². The van der Waals surface area contributed by atoms with E-state index in [1.165, 1.54) is 6.42 Å². The van der Waals surface area contributed by atoms with Crippen LogP contribution in [0.4, 0.5) is 4.79 Å². The molecule has 1 fully saturated rings. The van der Waals surface area contributed by atoms with Crippen LogP contribution in [-0.2, 0) is 14.4 Å². The molecule has 0 aromatic rings. The molecule has 0 aromatic carbocycles. The standard InChI is InChI=1S/C12H19NO4/c1-3-16-12(15)17-13-9(2)11(14)10-7-5-4-6-8-10/h10H,3-8H2,1-2H3/b13-9+. The largest absolute Gasteiger partial charge is 0.535 e. The smallest absolute Gasteiger partial charge is 0.433 e. The van der Waals surface area contributed by atoms with E-state index >= 15 is 0 Å². The molecule has 17 heavy (non-hydrogen) atoms. The molecule has 5 nitrogen and oxygen atoms in total. The molecule has 0 radical (unpaired) electrons. The summed E-state index contributed by atoms with van der Waals surface area (Å²) in [4.78, 5) is 27.3. The van der Waals surface area contributed by atoms with E-state index in [9.17, 15) is 9.59 Å². The molecule has 0 amide bonds. The molecule has 0 aromatic heterocycles. The summed E-state index contributed by atoms with van der Waals surface area (Å²) in [6, 6.07) is 0. The average molecular weight is 241 g/mol. The Morgan fingerprint density at radius 1 is 1.24 bits per heavy atom. The van der Waals surface area contributed by atoms with Gasteiger partial charge in [-0.2, -0.15) is 0 Å². The second-order valence-corrected chi connectivity index (χ2v) is 4.15. The van der Waals surface area contributed by atoms with Gasteiger partial charge < -0.3 is 4.74 Å². The van der Waals surface area contributed by atoms with Crippen molar-refractivity contribution in [1.82, 2.24) is 0 Å². The average Bonchev–Trinajstić information content (AvgIpc) is 2.36. The zero-order valence-electron chi connectivity index (χ0n) is 10.4. The van der Waals surface area contributed by atoms with Gasteiger partial charge in [-0.25, -0.2) is 4.79 Å². The van der Waals surface area contributed by atoms with Gasteiger partial charge in [0.2, 0.25) is 0 Å². The molecule has 5 heteroatoms. The Bertz CT molecular complexity index is 306. The molecule has 0 saturated heterocycles. The highest BCUT2D eigenvalue weighted by Crippen LogP contribution is 2.24. The highest BCUT2D eigenvalue weighted by molar-refractivity contribution is 6.39. The number of Topliss-reactive ketones (excluding diaryl/α,β-unsaturated/α-hetero) is 1. The van der Waals surface area contributed by atoms with Crippen LogP contribution in [0.25, 0.3) is 0 Å². The lowest BCUT2D eigenvalue weighted by atomic mass is 9.85. The Morgan fingerprint density at radius 2 is 1.88 bits per heavy atom. The predicted molar refractivity (Wildman–Crippen MR) is 62.8 cm³/mol. The number of nitrogens with zero attached hydrogens (tertiary/aromatic N) is 1. The van der Waals surface area contributed by atoms with Gasteiger partial charge in [-0.05, 0) is 26.7 Å². The lowest BCUT2D eigenvalue weighted by molar-refractivity contribution is -0.117. The topological polar surface area (TPSA) is 65.0 Å². The zero-order valence-corrected chi connectivity index (χ0v) is 10.4. The van der Waals surface area contributed by atoms with Crippen molar-refractivity contribution in [1.29, 1.82) is 0 Å². The highest BCUT2D eigenvalue weighted by atomic mass is 16.8. The first-order valence-electron chi connectivity index (χ1n) is 6.07. The molecular formula is C12H19NO4. The van der Waals surface area contributed by atoms with E-state index < -0.39 is 6.16 Å². The monoisotopic (exact) mass is 241 g/mol. The summed E-state index contributed by atoms with van der Waals surface area (Å²) in [6.45, 7) is 3.46. The maximum atomic E-state index is 11.9. The molecule has 96 valence electrons. The van der Waals surface area contributed by atoms with Crippen LogP contribution in [0, 0.1) is 5.92 Å². The summed E-state index contributed by atoms with van der Waals surface area (Å²) in [5.41, 5.74) is 0.241. The summed E-state index contributed by atoms with van der Waals surface area (Å²) in [5, 5.41) is 3.51. The quantitative estimate of drug-likeness (QED) is 0.328. The SMILES string of the molecule is CCOC(=O)O/N=C(\C)C(=O)C1CCCCC1. The van der Waals surface area contributed by atoms with Crippen molar-refractivity contribution in [3.63, 3.8) is 0 Å². The fraction of sp³-hybridized carbons (Fsp3) is 0.750. The summed E-state index contributed by atoms with van der Waals surface area (Å²) < 4.78 is 4.54. The van der Waals surface area contributed by atoms with E-state index in [1.54, 1.807) is 13.8 Å². The zero-order chi connectivity index (χ0) is 12.7. The number of carbonyl (C=O) groups is 2. The third-order valence-electron chi connectivity index (χ3n) is 2.85. The number of oxime groups is 1. The molecule has 0 N–H and O–H groups in total. The van der Waals surface area contributed by atoms with E-state index in [1.807, 2.05) is 0 Å². The molecule has 0 aliphatic heterocycles. The molecule has 1 aliphatic rings. The molecule has 1 saturated carbocycles.